The molecule has 1 aliphatic carbocycles. The summed E-state index contributed by atoms with van der Waals surface area (Å²) in [4.78, 5) is 25.0. The molecule has 1 aromatic rings. The molecule has 1 fully saturated rings. The number of carboxylic acids is 1. The lowest BCUT2D eigenvalue weighted by Gasteiger charge is -2.32. The highest BCUT2D eigenvalue weighted by molar-refractivity contribution is 5.79. The van der Waals surface area contributed by atoms with Crippen LogP contribution in [-0.4, -0.2) is 28.9 Å². The number of carboxylic acid groups (broad SMARTS) is 1. The molecule has 0 radical (unpaired) electrons. The van der Waals surface area contributed by atoms with E-state index < -0.39 is 17.6 Å². The van der Waals surface area contributed by atoms with Gasteiger partial charge in [0.2, 0.25) is 5.91 Å². The van der Waals surface area contributed by atoms with E-state index in [4.69, 9.17) is 5.11 Å². The van der Waals surface area contributed by atoms with E-state index in [1.807, 2.05) is 0 Å². The van der Waals surface area contributed by atoms with Crippen LogP contribution in [0.5, 0.6) is 0 Å². The fourth-order valence-electron chi connectivity index (χ4n) is 3.06. The summed E-state index contributed by atoms with van der Waals surface area (Å²) in [6, 6.07) is 3.24. The van der Waals surface area contributed by atoms with Gasteiger partial charge in [-0.1, -0.05) is 6.07 Å². The van der Waals surface area contributed by atoms with E-state index in [1.165, 1.54) is 11.0 Å². The molecule has 126 valence electrons. The van der Waals surface area contributed by atoms with Gasteiger partial charge in [0.05, 0.1) is 12.0 Å². The molecule has 4 nitrogen and oxygen atoms in total. The summed E-state index contributed by atoms with van der Waals surface area (Å²) >= 11 is 0. The maximum Gasteiger partial charge on any atom is 0.306 e. The van der Waals surface area contributed by atoms with Crippen molar-refractivity contribution in [1.29, 1.82) is 0 Å². The van der Waals surface area contributed by atoms with Crippen molar-refractivity contribution < 1.29 is 23.5 Å². The van der Waals surface area contributed by atoms with Crippen molar-refractivity contribution in [3.05, 3.63) is 35.4 Å². The molecule has 1 atom stereocenters. The molecule has 0 aromatic heterocycles. The molecular formula is C17H21F2NO3. The van der Waals surface area contributed by atoms with Crippen molar-refractivity contribution in [3.8, 4) is 0 Å². The van der Waals surface area contributed by atoms with Crippen LogP contribution < -0.4 is 0 Å². The molecule has 2 rings (SSSR count). The van der Waals surface area contributed by atoms with Gasteiger partial charge in [-0.2, -0.15) is 0 Å². The number of hydrogen-bond acceptors (Lipinski definition) is 2. The van der Waals surface area contributed by atoms with Gasteiger partial charge in [-0.25, -0.2) is 8.78 Å². The van der Waals surface area contributed by atoms with Crippen LogP contribution in [0, 0.1) is 23.5 Å². The maximum atomic E-state index is 13.3. The Morgan fingerprint density at radius 2 is 1.70 bits per heavy atom. The molecule has 6 heteroatoms. The number of carbonyl (C=O) groups excluding carboxylic acids is 1. The molecule has 0 aliphatic heterocycles. The second-order valence-electron chi connectivity index (χ2n) is 6.19. The van der Waals surface area contributed by atoms with Crippen LogP contribution in [0.25, 0.3) is 0 Å². The normalized spacial score (nSPS) is 22.4. The molecule has 1 N–H and O–H groups in total. The van der Waals surface area contributed by atoms with Crippen LogP contribution in [-0.2, 0) is 9.59 Å². The largest absolute Gasteiger partial charge is 0.481 e. The summed E-state index contributed by atoms with van der Waals surface area (Å²) in [5.74, 6) is -3.30. The van der Waals surface area contributed by atoms with Crippen molar-refractivity contribution in [1.82, 2.24) is 4.90 Å². The SMILES string of the molecule is CC(c1ccc(F)c(F)c1)N(C)C(=O)C1CCC(C(=O)O)CC1. The monoisotopic (exact) mass is 325 g/mol. The van der Waals surface area contributed by atoms with Gasteiger partial charge in [0.25, 0.3) is 0 Å². The molecule has 1 aromatic carbocycles. The molecule has 23 heavy (non-hydrogen) atoms. The summed E-state index contributed by atoms with van der Waals surface area (Å²) in [6.07, 6.45) is 2.09. The van der Waals surface area contributed by atoms with Gasteiger partial charge in [0, 0.05) is 13.0 Å². The Bertz CT molecular complexity index is 598. The van der Waals surface area contributed by atoms with Crippen LogP contribution in [0.3, 0.4) is 0 Å². The topological polar surface area (TPSA) is 57.6 Å². The molecule has 0 spiro atoms. The van der Waals surface area contributed by atoms with Gasteiger partial charge in [0.1, 0.15) is 0 Å². The lowest BCUT2D eigenvalue weighted by Crippen LogP contribution is -2.37. The molecule has 0 bridgehead atoms. The Morgan fingerprint density at radius 1 is 1.13 bits per heavy atom. The molecule has 1 aliphatic rings. The number of amides is 1. The molecular weight excluding hydrogens is 304 g/mol. The average Bonchev–Trinajstić information content (AvgIpc) is 2.55. The van der Waals surface area contributed by atoms with E-state index in [9.17, 15) is 18.4 Å². The standard InChI is InChI=1S/C17H21F2NO3/c1-10(13-7-8-14(18)15(19)9-13)20(2)16(21)11-3-5-12(6-4-11)17(22)23/h7-12H,3-6H2,1-2H3,(H,22,23). The minimum atomic E-state index is -0.933. The van der Waals surface area contributed by atoms with E-state index in [0.29, 0.717) is 31.2 Å². The smallest absolute Gasteiger partial charge is 0.306 e. The van der Waals surface area contributed by atoms with E-state index in [2.05, 4.69) is 0 Å². The first-order chi connectivity index (χ1) is 10.8. The van der Waals surface area contributed by atoms with Gasteiger partial charge >= 0.3 is 5.97 Å². The lowest BCUT2D eigenvalue weighted by atomic mass is 9.81. The zero-order chi connectivity index (χ0) is 17.1. The summed E-state index contributed by atoms with van der Waals surface area (Å²) < 4.78 is 26.4. The van der Waals surface area contributed by atoms with Gasteiger partial charge in [-0.05, 0) is 50.3 Å². The van der Waals surface area contributed by atoms with Gasteiger partial charge in [-0.3, -0.25) is 9.59 Å². The Hall–Kier alpha value is -1.98. The van der Waals surface area contributed by atoms with Crippen molar-refractivity contribution in [2.75, 3.05) is 7.05 Å². The maximum absolute atomic E-state index is 13.3. The number of aliphatic carboxylic acids is 1. The van der Waals surface area contributed by atoms with Crippen molar-refractivity contribution in [2.45, 2.75) is 38.6 Å². The first-order valence-electron chi connectivity index (χ1n) is 7.75. The average molecular weight is 325 g/mol. The molecule has 0 saturated heterocycles. The fourth-order valence-corrected chi connectivity index (χ4v) is 3.06. The van der Waals surface area contributed by atoms with Crippen LogP contribution >= 0.6 is 0 Å². The Morgan fingerprint density at radius 3 is 2.22 bits per heavy atom. The Balaban J connectivity index is 2.01. The predicted molar refractivity (Wildman–Crippen MR) is 80.6 cm³/mol. The third kappa shape index (κ3) is 3.86. The highest BCUT2D eigenvalue weighted by atomic mass is 19.2. The quantitative estimate of drug-likeness (QED) is 0.923. The summed E-state index contributed by atoms with van der Waals surface area (Å²) in [5.41, 5.74) is 0.527. The first-order valence-corrected chi connectivity index (χ1v) is 7.75. The molecule has 1 saturated carbocycles. The minimum Gasteiger partial charge on any atom is -0.481 e. The van der Waals surface area contributed by atoms with Crippen molar-refractivity contribution in [3.63, 3.8) is 0 Å². The summed E-state index contributed by atoms with van der Waals surface area (Å²) in [7, 11) is 1.64. The zero-order valence-corrected chi connectivity index (χ0v) is 13.3. The zero-order valence-electron chi connectivity index (χ0n) is 13.3. The number of carbonyl (C=O) groups is 2. The van der Waals surface area contributed by atoms with Gasteiger partial charge in [0.15, 0.2) is 11.6 Å². The number of halogens is 2. The Labute approximate surface area is 134 Å². The first kappa shape index (κ1) is 17.4. The van der Waals surface area contributed by atoms with E-state index in [1.54, 1.807) is 14.0 Å². The summed E-state index contributed by atoms with van der Waals surface area (Å²) in [5, 5.41) is 9.00. The predicted octanol–water partition coefficient (Wildman–Crippen LogP) is 3.38. The minimum absolute atomic E-state index is 0.0777. The number of nitrogens with zero attached hydrogens (tertiary/aromatic N) is 1. The summed E-state index contributed by atoms with van der Waals surface area (Å²) in [6.45, 7) is 1.76. The third-order valence-electron chi connectivity index (χ3n) is 4.78. The van der Waals surface area contributed by atoms with Crippen molar-refractivity contribution in [2.24, 2.45) is 11.8 Å². The van der Waals surface area contributed by atoms with Gasteiger partial charge in [-0.15, -0.1) is 0 Å². The Kier molecular flexibility index (Phi) is 5.34. The van der Waals surface area contributed by atoms with Crippen molar-refractivity contribution >= 4 is 11.9 Å². The van der Waals surface area contributed by atoms with Crippen LogP contribution in [0.1, 0.15) is 44.2 Å². The highest BCUT2D eigenvalue weighted by Gasteiger charge is 2.32. The lowest BCUT2D eigenvalue weighted by molar-refractivity contribution is -0.145. The van der Waals surface area contributed by atoms with Gasteiger partial charge < -0.3 is 10.0 Å². The molecule has 0 heterocycles. The fraction of sp³-hybridized carbons (Fsp3) is 0.529. The number of hydrogen-bond donors (Lipinski definition) is 1. The van der Waals surface area contributed by atoms with E-state index in [0.717, 1.165) is 12.1 Å². The van der Waals surface area contributed by atoms with E-state index >= 15 is 0 Å². The number of benzene rings is 1. The second-order valence-corrected chi connectivity index (χ2v) is 6.19. The second kappa shape index (κ2) is 7.06. The molecule has 1 amide bonds. The van der Waals surface area contributed by atoms with E-state index in [-0.39, 0.29) is 23.8 Å². The van der Waals surface area contributed by atoms with Crippen LogP contribution in [0.4, 0.5) is 8.78 Å². The third-order valence-corrected chi connectivity index (χ3v) is 4.78. The number of rotatable bonds is 4. The highest BCUT2D eigenvalue weighted by Crippen LogP contribution is 2.32. The van der Waals surface area contributed by atoms with Crippen LogP contribution in [0.2, 0.25) is 0 Å². The van der Waals surface area contributed by atoms with Crippen LogP contribution in [0.15, 0.2) is 18.2 Å². The molecule has 1 unspecified atom stereocenters.